The maximum atomic E-state index is 12.6. The van der Waals surface area contributed by atoms with Crippen molar-refractivity contribution in [2.24, 2.45) is 0 Å². The van der Waals surface area contributed by atoms with Gasteiger partial charge in [-0.15, -0.1) is 11.8 Å². The number of carbonyl (C=O) groups excluding carboxylic acids is 2. The molecule has 160 valence electrons. The second-order valence-corrected chi connectivity index (χ2v) is 7.80. The van der Waals surface area contributed by atoms with Gasteiger partial charge in [-0.2, -0.15) is 5.26 Å². The van der Waals surface area contributed by atoms with E-state index in [-0.39, 0.29) is 25.1 Å². The van der Waals surface area contributed by atoms with Crippen molar-refractivity contribution in [3.63, 3.8) is 0 Å². The molecule has 1 amide bonds. The summed E-state index contributed by atoms with van der Waals surface area (Å²) < 4.78 is 16.0. The molecule has 32 heavy (non-hydrogen) atoms. The van der Waals surface area contributed by atoms with Gasteiger partial charge in [-0.1, -0.05) is 24.3 Å². The number of anilines is 1. The summed E-state index contributed by atoms with van der Waals surface area (Å²) in [6, 6.07) is 21.1. The van der Waals surface area contributed by atoms with Crippen molar-refractivity contribution in [3.8, 4) is 17.6 Å². The lowest BCUT2D eigenvalue weighted by molar-refractivity contribution is -0.113. The first kappa shape index (κ1) is 21.3. The van der Waals surface area contributed by atoms with Gasteiger partial charge in [-0.25, -0.2) is 4.79 Å². The Hall–Kier alpha value is -3.96. The van der Waals surface area contributed by atoms with Gasteiger partial charge >= 0.3 is 5.97 Å². The Labute approximate surface area is 188 Å². The largest absolute Gasteiger partial charge is 0.457 e. The molecular weight excluding hydrogens is 428 g/mol. The Morgan fingerprint density at radius 2 is 1.81 bits per heavy atom. The lowest BCUT2D eigenvalue weighted by Gasteiger charge is -2.10. The Bertz CT molecular complexity index is 1190. The van der Waals surface area contributed by atoms with Gasteiger partial charge in [0, 0.05) is 16.6 Å². The first-order valence-corrected chi connectivity index (χ1v) is 10.7. The fourth-order valence-electron chi connectivity index (χ4n) is 2.98. The zero-order valence-electron chi connectivity index (χ0n) is 16.9. The minimum atomic E-state index is -0.478. The van der Waals surface area contributed by atoms with E-state index in [1.807, 2.05) is 6.07 Å². The van der Waals surface area contributed by atoms with Gasteiger partial charge in [0.15, 0.2) is 11.5 Å². The van der Waals surface area contributed by atoms with Crippen molar-refractivity contribution >= 4 is 29.3 Å². The van der Waals surface area contributed by atoms with Gasteiger partial charge < -0.3 is 19.5 Å². The van der Waals surface area contributed by atoms with E-state index < -0.39 is 5.97 Å². The molecule has 1 N–H and O–H groups in total. The number of esters is 1. The van der Waals surface area contributed by atoms with Gasteiger partial charge in [-0.3, -0.25) is 4.79 Å². The van der Waals surface area contributed by atoms with Crippen LogP contribution in [0.1, 0.15) is 21.5 Å². The topological polar surface area (TPSA) is 97.7 Å². The van der Waals surface area contributed by atoms with Crippen molar-refractivity contribution < 1.29 is 23.8 Å². The van der Waals surface area contributed by atoms with Crippen LogP contribution in [0.15, 0.2) is 71.6 Å². The van der Waals surface area contributed by atoms with E-state index in [1.54, 1.807) is 66.7 Å². The van der Waals surface area contributed by atoms with Crippen molar-refractivity contribution in [1.29, 1.82) is 5.26 Å². The molecule has 0 unspecified atom stereocenters. The molecular formula is C24H18N2O5S. The number of nitrogens with one attached hydrogen (secondary N) is 1. The molecule has 0 fully saturated rings. The van der Waals surface area contributed by atoms with Gasteiger partial charge in [0.05, 0.1) is 22.9 Å². The van der Waals surface area contributed by atoms with Crippen molar-refractivity contribution in [2.45, 2.75) is 11.5 Å². The lowest BCUT2D eigenvalue weighted by atomic mass is 10.1. The minimum Gasteiger partial charge on any atom is -0.457 e. The Morgan fingerprint density at radius 1 is 1.03 bits per heavy atom. The van der Waals surface area contributed by atoms with E-state index in [9.17, 15) is 9.59 Å². The minimum absolute atomic E-state index is 0.0914. The average molecular weight is 446 g/mol. The molecule has 0 aromatic heterocycles. The Morgan fingerprint density at radius 3 is 2.62 bits per heavy atom. The number of carbonyl (C=O) groups is 2. The summed E-state index contributed by atoms with van der Waals surface area (Å²) >= 11 is 1.25. The van der Waals surface area contributed by atoms with Crippen LogP contribution in [-0.4, -0.2) is 24.4 Å². The van der Waals surface area contributed by atoms with Crippen LogP contribution < -0.4 is 14.8 Å². The number of thioether (sulfide) groups is 1. The van der Waals surface area contributed by atoms with Gasteiger partial charge in [0.2, 0.25) is 12.7 Å². The summed E-state index contributed by atoms with van der Waals surface area (Å²) in [5.41, 5.74) is 2.32. The molecule has 7 nitrogen and oxygen atoms in total. The quantitative estimate of drug-likeness (QED) is 0.425. The molecule has 4 rings (SSSR count). The van der Waals surface area contributed by atoms with E-state index in [4.69, 9.17) is 19.5 Å². The highest BCUT2D eigenvalue weighted by Gasteiger charge is 2.16. The van der Waals surface area contributed by atoms with Gasteiger partial charge in [-0.05, 0) is 42.0 Å². The molecule has 0 spiro atoms. The first-order valence-electron chi connectivity index (χ1n) is 9.70. The number of nitriles is 1. The number of nitrogens with zero attached hydrogens (tertiary/aromatic N) is 1. The third kappa shape index (κ3) is 5.20. The fraction of sp³-hybridized carbons (Fsp3) is 0.125. The third-order valence-electron chi connectivity index (χ3n) is 4.58. The third-order valence-corrected chi connectivity index (χ3v) is 5.65. The van der Waals surface area contributed by atoms with Crippen LogP contribution >= 0.6 is 11.8 Å². The first-order chi connectivity index (χ1) is 15.6. The maximum absolute atomic E-state index is 12.6. The van der Waals surface area contributed by atoms with Gasteiger partial charge in [0.25, 0.3) is 0 Å². The maximum Gasteiger partial charge on any atom is 0.339 e. The van der Waals surface area contributed by atoms with Crippen LogP contribution in [0.5, 0.6) is 11.5 Å². The van der Waals surface area contributed by atoms with E-state index in [0.29, 0.717) is 33.2 Å². The van der Waals surface area contributed by atoms with Crippen molar-refractivity contribution in [1.82, 2.24) is 0 Å². The molecule has 1 aliphatic heterocycles. The van der Waals surface area contributed by atoms with E-state index in [1.165, 1.54) is 11.8 Å². The zero-order chi connectivity index (χ0) is 22.3. The number of benzene rings is 3. The summed E-state index contributed by atoms with van der Waals surface area (Å²) in [7, 11) is 0. The lowest BCUT2D eigenvalue weighted by Crippen LogP contribution is -2.14. The molecule has 1 heterocycles. The van der Waals surface area contributed by atoms with Crippen LogP contribution in [0.25, 0.3) is 0 Å². The Kier molecular flexibility index (Phi) is 6.58. The van der Waals surface area contributed by atoms with Crippen LogP contribution in [0.2, 0.25) is 0 Å². The summed E-state index contributed by atoms with van der Waals surface area (Å²) in [6.07, 6.45) is 0. The molecule has 0 aliphatic carbocycles. The Balaban J connectivity index is 1.33. The number of fused-ring (bicyclic) bond motifs is 1. The van der Waals surface area contributed by atoms with Crippen LogP contribution in [0, 0.1) is 11.3 Å². The highest BCUT2D eigenvalue weighted by Crippen LogP contribution is 2.34. The van der Waals surface area contributed by atoms with Gasteiger partial charge in [0.1, 0.15) is 6.61 Å². The molecule has 3 aromatic rings. The van der Waals surface area contributed by atoms with E-state index in [2.05, 4.69) is 5.32 Å². The predicted molar refractivity (Wildman–Crippen MR) is 119 cm³/mol. The molecule has 3 aromatic carbocycles. The number of ether oxygens (including phenoxy) is 3. The highest BCUT2D eigenvalue weighted by atomic mass is 32.2. The number of hydrogen-bond donors (Lipinski definition) is 1. The molecule has 0 bridgehead atoms. The van der Waals surface area contributed by atoms with E-state index >= 15 is 0 Å². The summed E-state index contributed by atoms with van der Waals surface area (Å²) in [5.74, 6) is 0.661. The molecule has 0 saturated heterocycles. The molecule has 0 saturated carbocycles. The molecule has 1 aliphatic rings. The smallest absolute Gasteiger partial charge is 0.339 e. The predicted octanol–water partition coefficient (Wildman–Crippen LogP) is 4.37. The summed E-state index contributed by atoms with van der Waals surface area (Å²) in [4.78, 5) is 25.6. The standard InChI is InChI=1S/C24H18N2O5S/c25-12-16-5-7-17(8-6-16)13-29-24(28)19-3-1-2-4-22(19)32-14-23(27)26-18-9-10-20-21(11-18)31-15-30-20/h1-11H,13-15H2,(H,26,27). The van der Waals surface area contributed by atoms with Crippen molar-refractivity contribution in [2.75, 3.05) is 17.9 Å². The van der Waals surface area contributed by atoms with Crippen molar-refractivity contribution in [3.05, 3.63) is 83.4 Å². The normalized spacial score (nSPS) is 11.5. The molecule has 8 heteroatoms. The average Bonchev–Trinajstić information content (AvgIpc) is 3.29. The molecule has 0 atom stereocenters. The van der Waals surface area contributed by atoms with Crippen LogP contribution in [0.4, 0.5) is 5.69 Å². The number of rotatable bonds is 7. The SMILES string of the molecule is N#Cc1ccc(COC(=O)c2ccccc2SCC(=O)Nc2ccc3c(c2)OCO3)cc1. The van der Waals surface area contributed by atoms with Crippen LogP contribution in [0.3, 0.4) is 0 Å². The molecule has 0 radical (unpaired) electrons. The monoisotopic (exact) mass is 446 g/mol. The van der Waals surface area contributed by atoms with Crippen LogP contribution in [-0.2, 0) is 16.1 Å². The summed E-state index contributed by atoms with van der Waals surface area (Å²) in [6.45, 7) is 0.259. The highest BCUT2D eigenvalue weighted by molar-refractivity contribution is 8.00. The second kappa shape index (κ2) is 9.90. The zero-order valence-corrected chi connectivity index (χ0v) is 17.7. The summed E-state index contributed by atoms with van der Waals surface area (Å²) in [5, 5.41) is 11.7. The fourth-order valence-corrected chi connectivity index (χ4v) is 3.82. The number of hydrogen-bond acceptors (Lipinski definition) is 7. The van der Waals surface area contributed by atoms with E-state index in [0.717, 1.165) is 5.56 Å². The number of amides is 1. The second-order valence-electron chi connectivity index (χ2n) is 6.79.